The van der Waals surface area contributed by atoms with E-state index in [9.17, 15) is 4.79 Å². The second-order valence-electron chi connectivity index (χ2n) is 7.58. The van der Waals surface area contributed by atoms with Crippen LogP contribution in [0.5, 0.6) is 0 Å². The first kappa shape index (κ1) is 21.2. The molecule has 5 heteroatoms. The van der Waals surface area contributed by atoms with Crippen LogP contribution in [0, 0.1) is 0 Å². The molecule has 3 aromatic carbocycles. The van der Waals surface area contributed by atoms with Gasteiger partial charge >= 0.3 is 6.09 Å². The van der Waals surface area contributed by atoms with Crippen LogP contribution >= 0.6 is 0 Å². The summed E-state index contributed by atoms with van der Waals surface area (Å²) >= 11 is 0. The first-order valence-electron chi connectivity index (χ1n) is 10.1. The fourth-order valence-electron chi connectivity index (χ4n) is 3.53. The standard InChI is InChI=1S/C25H29N3O2/c1-5-28(4)23-16-10-20(11-17-23)24(19-8-14-22(15-9-19)27(2)3)18-6-12-21(13-7-18)26-25(29)30/h6-17,24,26H,5H2,1-4H3,(H,29,30). The van der Waals surface area contributed by atoms with Gasteiger partial charge in [0.25, 0.3) is 0 Å². The maximum atomic E-state index is 10.9. The van der Waals surface area contributed by atoms with E-state index < -0.39 is 6.09 Å². The molecule has 3 aromatic rings. The van der Waals surface area contributed by atoms with Crippen molar-refractivity contribution in [3.05, 3.63) is 89.5 Å². The Morgan fingerprint density at radius 3 is 1.63 bits per heavy atom. The van der Waals surface area contributed by atoms with Gasteiger partial charge in [-0.15, -0.1) is 0 Å². The number of benzene rings is 3. The van der Waals surface area contributed by atoms with Gasteiger partial charge in [-0.1, -0.05) is 36.4 Å². The zero-order valence-corrected chi connectivity index (χ0v) is 18.0. The number of carboxylic acid groups (broad SMARTS) is 1. The number of nitrogens with one attached hydrogen (secondary N) is 1. The van der Waals surface area contributed by atoms with Gasteiger partial charge < -0.3 is 14.9 Å². The van der Waals surface area contributed by atoms with Gasteiger partial charge in [-0.2, -0.15) is 0 Å². The van der Waals surface area contributed by atoms with Crippen molar-refractivity contribution in [1.82, 2.24) is 0 Å². The summed E-state index contributed by atoms with van der Waals surface area (Å²) in [7, 11) is 6.15. The van der Waals surface area contributed by atoms with Gasteiger partial charge in [0.1, 0.15) is 0 Å². The Labute approximate surface area is 178 Å². The molecule has 3 rings (SSSR count). The quantitative estimate of drug-likeness (QED) is 0.513. The zero-order valence-electron chi connectivity index (χ0n) is 18.0. The summed E-state index contributed by atoms with van der Waals surface area (Å²) < 4.78 is 0. The largest absolute Gasteiger partial charge is 0.465 e. The van der Waals surface area contributed by atoms with E-state index in [0.717, 1.165) is 17.8 Å². The highest BCUT2D eigenvalue weighted by Gasteiger charge is 2.17. The molecule has 0 aliphatic rings. The predicted octanol–water partition coefficient (Wildman–Crippen LogP) is 5.48. The lowest BCUT2D eigenvalue weighted by Crippen LogP contribution is -2.15. The maximum Gasteiger partial charge on any atom is 0.409 e. The summed E-state index contributed by atoms with van der Waals surface area (Å²) in [5.74, 6) is 0.0565. The molecule has 0 aliphatic carbocycles. The molecule has 2 N–H and O–H groups in total. The Morgan fingerprint density at radius 1 is 0.800 bits per heavy atom. The average Bonchev–Trinajstić information content (AvgIpc) is 2.75. The Hall–Kier alpha value is -3.47. The lowest BCUT2D eigenvalue weighted by atomic mass is 9.85. The molecule has 0 radical (unpaired) electrons. The minimum absolute atomic E-state index is 0.0565. The fraction of sp³-hybridized carbons (Fsp3) is 0.240. The minimum Gasteiger partial charge on any atom is -0.465 e. The van der Waals surface area contributed by atoms with Gasteiger partial charge in [0.05, 0.1) is 0 Å². The Morgan fingerprint density at radius 2 is 1.23 bits per heavy atom. The van der Waals surface area contributed by atoms with E-state index in [1.165, 1.54) is 16.8 Å². The Bertz CT molecular complexity index is 965. The van der Waals surface area contributed by atoms with Gasteiger partial charge in [0.15, 0.2) is 0 Å². The third-order valence-corrected chi connectivity index (χ3v) is 5.38. The third-order valence-electron chi connectivity index (χ3n) is 5.38. The summed E-state index contributed by atoms with van der Waals surface area (Å²) in [6.07, 6.45) is -1.06. The summed E-state index contributed by atoms with van der Waals surface area (Å²) in [6, 6.07) is 24.8. The molecule has 0 fully saturated rings. The van der Waals surface area contributed by atoms with E-state index >= 15 is 0 Å². The highest BCUT2D eigenvalue weighted by atomic mass is 16.4. The van der Waals surface area contributed by atoms with Crippen LogP contribution in [0.4, 0.5) is 21.9 Å². The topological polar surface area (TPSA) is 55.8 Å². The molecule has 0 saturated heterocycles. The molecule has 5 nitrogen and oxygen atoms in total. The molecule has 0 bridgehead atoms. The number of rotatable bonds is 7. The number of hydrogen-bond donors (Lipinski definition) is 2. The number of anilines is 3. The monoisotopic (exact) mass is 403 g/mol. The molecule has 156 valence electrons. The van der Waals surface area contributed by atoms with Crippen LogP contribution in [-0.2, 0) is 0 Å². The van der Waals surface area contributed by atoms with Gasteiger partial charge in [-0.25, -0.2) is 4.79 Å². The second kappa shape index (κ2) is 9.35. The highest BCUT2D eigenvalue weighted by Crippen LogP contribution is 2.34. The number of amides is 1. The van der Waals surface area contributed by atoms with Crippen LogP contribution in [0.25, 0.3) is 0 Å². The third kappa shape index (κ3) is 4.92. The SMILES string of the molecule is CCN(C)c1ccc(C(c2ccc(NC(=O)O)cc2)c2ccc(N(C)C)cc2)cc1. The molecule has 30 heavy (non-hydrogen) atoms. The van der Waals surface area contributed by atoms with Crippen LogP contribution < -0.4 is 15.1 Å². The molecule has 0 aliphatic heterocycles. The highest BCUT2D eigenvalue weighted by molar-refractivity contribution is 5.82. The van der Waals surface area contributed by atoms with E-state index in [4.69, 9.17) is 5.11 Å². The molecule has 0 aromatic heterocycles. The van der Waals surface area contributed by atoms with Crippen molar-refractivity contribution in [3.63, 3.8) is 0 Å². The number of carbonyl (C=O) groups is 1. The molecular formula is C25H29N3O2. The van der Waals surface area contributed by atoms with Gasteiger partial charge in [0, 0.05) is 50.7 Å². The first-order chi connectivity index (χ1) is 14.4. The van der Waals surface area contributed by atoms with E-state index in [1.807, 2.05) is 38.4 Å². The predicted molar refractivity (Wildman–Crippen MR) is 125 cm³/mol. The molecule has 1 amide bonds. The van der Waals surface area contributed by atoms with Crippen molar-refractivity contribution in [3.8, 4) is 0 Å². The summed E-state index contributed by atoms with van der Waals surface area (Å²) in [5.41, 5.74) is 6.39. The van der Waals surface area contributed by atoms with E-state index in [1.54, 1.807) is 0 Å². The van der Waals surface area contributed by atoms with Gasteiger partial charge in [-0.3, -0.25) is 5.32 Å². The smallest absolute Gasteiger partial charge is 0.409 e. The van der Waals surface area contributed by atoms with Crippen molar-refractivity contribution in [2.24, 2.45) is 0 Å². The van der Waals surface area contributed by atoms with E-state index in [2.05, 4.69) is 77.6 Å². The molecule has 0 heterocycles. The molecule has 1 unspecified atom stereocenters. The summed E-state index contributed by atoms with van der Waals surface area (Å²) in [4.78, 5) is 15.2. The molecule has 0 saturated carbocycles. The average molecular weight is 404 g/mol. The minimum atomic E-state index is -1.06. The first-order valence-corrected chi connectivity index (χ1v) is 10.1. The van der Waals surface area contributed by atoms with Crippen molar-refractivity contribution in [2.45, 2.75) is 12.8 Å². The number of hydrogen-bond acceptors (Lipinski definition) is 3. The van der Waals surface area contributed by atoms with E-state index in [0.29, 0.717) is 5.69 Å². The zero-order chi connectivity index (χ0) is 21.7. The van der Waals surface area contributed by atoms with Crippen LogP contribution in [-0.4, -0.2) is 38.9 Å². The van der Waals surface area contributed by atoms with Crippen LogP contribution in [0.2, 0.25) is 0 Å². The van der Waals surface area contributed by atoms with Crippen LogP contribution in [0.3, 0.4) is 0 Å². The Balaban J connectivity index is 2.01. The van der Waals surface area contributed by atoms with Crippen molar-refractivity contribution >= 4 is 23.2 Å². The molecule has 0 spiro atoms. The van der Waals surface area contributed by atoms with Crippen LogP contribution in [0.15, 0.2) is 72.8 Å². The van der Waals surface area contributed by atoms with Crippen LogP contribution in [0.1, 0.15) is 29.5 Å². The van der Waals surface area contributed by atoms with Crippen molar-refractivity contribution < 1.29 is 9.90 Å². The number of nitrogens with zero attached hydrogens (tertiary/aromatic N) is 2. The maximum absolute atomic E-state index is 10.9. The lowest BCUT2D eigenvalue weighted by molar-refractivity contribution is 0.209. The fourth-order valence-corrected chi connectivity index (χ4v) is 3.53. The normalized spacial score (nSPS) is 11.6. The van der Waals surface area contributed by atoms with E-state index in [-0.39, 0.29) is 5.92 Å². The molecular weight excluding hydrogens is 374 g/mol. The molecule has 1 atom stereocenters. The second-order valence-corrected chi connectivity index (χ2v) is 7.58. The van der Waals surface area contributed by atoms with Crippen molar-refractivity contribution in [2.75, 3.05) is 42.8 Å². The summed E-state index contributed by atoms with van der Waals surface area (Å²) in [5, 5.41) is 11.3. The van der Waals surface area contributed by atoms with Gasteiger partial charge in [-0.05, 0) is 60.0 Å². The van der Waals surface area contributed by atoms with Crippen molar-refractivity contribution in [1.29, 1.82) is 0 Å². The lowest BCUT2D eigenvalue weighted by Gasteiger charge is -2.22. The van der Waals surface area contributed by atoms with Gasteiger partial charge in [0.2, 0.25) is 0 Å². The Kier molecular flexibility index (Phi) is 6.62. The summed E-state index contributed by atoms with van der Waals surface area (Å²) in [6.45, 7) is 3.09.